The van der Waals surface area contributed by atoms with Gasteiger partial charge in [-0.05, 0) is 80.6 Å². The van der Waals surface area contributed by atoms with Crippen LogP contribution in [-0.2, 0) is 41.4 Å². The van der Waals surface area contributed by atoms with E-state index in [-0.39, 0.29) is 56.9 Å². The molecule has 1 unspecified atom stereocenters. The number of likely N-dealkylation sites (tertiary alicyclic amines) is 1. The number of alkyl halides is 3. The van der Waals surface area contributed by atoms with Gasteiger partial charge in [-0.15, -0.1) is 11.3 Å². The van der Waals surface area contributed by atoms with Crippen LogP contribution in [0.3, 0.4) is 0 Å². The molecule has 22 heteroatoms. The highest BCUT2D eigenvalue weighted by molar-refractivity contribution is 7.81. The van der Waals surface area contributed by atoms with Crippen LogP contribution in [0.4, 0.5) is 28.9 Å². The lowest BCUT2D eigenvalue weighted by Gasteiger charge is -2.35. The molecule has 3 N–H and O–H groups in total. The van der Waals surface area contributed by atoms with Gasteiger partial charge in [-0.2, -0.15) is 18.4 Å². The zero-order chi connectivity index (χ0) is 51.1. The number of anilines is 2. The third kappa shape index (κ3) is 12.2. The molecule has 70 heavy (non-hydrogen) atoms. The number of benzene rings is 2. The number of aromatic nitrogens is 2. The number of nitrogens with zero attached hydrogens (tertiary/aromatic N) is 6. The number of β-amino-alcohol motifs (C(OH)–C–C–N with tert-alkyl or cyclic N) is 1. The molecule has 4 aromatic rings. The highest BCUT2D eigenvalue weighted by Crippen LogP contribution is 2.42. The van der Waals surface area contributed by atoms with E-state index in [1.165, 1.54) is 42.0 Å². The van der Waals surface area contributed by atoms with Gasteiger partial charge in [-0.3, -0.25) is 24.1 Å². The average molecular weight is 1010 g/mol. The first kappa shape index (κ1) is 53.2. The van der Waals surface area contributed by atoms with Gasteiger partial charge in [0, 0.05) is 32.2 Å². The van der Waals surface area contributed by atoms with Crippen LogP contribution in [0.2, 0.25) is 0 Å². The smallest absolute Gasteiger partial charge is 0.420 e. The summed E-state index contributed by atoms with van der Waals surface area (Å²) in [5, 5.41) is 25.1. The second-order valence-corrected chi connectivity index (χ2v) is 19.5. The summed E-state index contributed by atoms with van der Waals surface area (Å²) < 4.78 is 73.4. The maximum absolute atomic E-state index is 15.3. The number of nitriles is 1. The molecule has 2 fully saturated rings. The molecule has 16 nitrogen and oxygen atoms in total. The Morgan fingerprint density at radius 1 is 1.01 bits per heavy atom. The Morgan fingerprint density at radius 2 is 1.71 bits per heavy atom. The molecule has 374 valence electrons. The highest BCUT2D eigenvalue weighted by Gasteiger charge is 2.52. The van der Waals surface area contributed by atoms with Crippen molar-refractivity contribution in [2.45, 2.75) is 97.3 Å². The van der Waals surface area contributed by atoms with Gasteiger partial charge in [0.2, 0.25) is 23.6 Å². The van der Waals surface area contributed by atoms with Crippen LogP contribution < -0.4 is 25.2 Å². The summed E-state index contributed by atoms with van der Waals surface area (Å²) in [7, 11) is 0. The molecule has 0 spiro atoms. The number of hydrogen-bond acceptors (Lipinski definition) is 13. The van der Waals surface area contributed by atoms with Crippen LogP contribution in [0.25, 0.3) is 10.4 Å². The monoisotopic (exact) mass is 1010 g/mol. The van der Waals surface area contributed by atoms with Crippen molar-refractivity contribution in [1.29, 1.82) is 5.26 Å². The summed E-state index contributed by atoms with van der Waals surface area (Å²) in [4.78, 5) is 66.8. The fourth-order valence-electron chi connectivity index (χ4n) is 7.99. The first-order chi connectivity index (χ1) is 33.0. The molecule has 0 radical (unpaired) electrons. The van der Waals surface area contributed by atoms with E-state index in [2.05, 4.69) is 20.6 Å². The molecule has 2 aromatic heterocycles. The van der Waals surface area contributed by atoms with E-state index >= 15 is 4.39 Å². The molecule has 0 bridgehead atoms. The van der Waals surface area contributed by atoms with Crippen molar-refractivity contribution < 1.29 is 56.1 Å². The van der Waals surface area contributed by atoms with Crippen LogP contribution in [0.15, 0.2) is 60.2 Å². The predicted octanol–water partition coefficient (Wildman–Crippen LogP) is 6.46. The number of ether oxygens (including phenoxy) is 3. The first-order valence-corrected chi connectivity index (χ1v) is 23.6. The van der Waals surface area contributed by atoms with E-state index in [1.54, 1.807) is 43.7 Å². The van der Waals surface area contributed by atoms with Crippen molar-refractivity contribution >= 4 is 63.7 Å². The molecule has 4 heterocycles. The van der Waals surface area contributed by atoms with Gasteiger partial charge in [-0.1, -0.05) is 45.0 Å². The Bertz CT molecular complexity index is 2600. The summed E-state index contributed by atoms with van der Waals surface area (Å²) in [6.45, 7) is 11.0. The molecular formula is C48H54F4N8O8S2. The SMILES string of the molecule is Cc1ncsc1-c1ccc(CNC(=O)C2C[C@@H](O)CN2C(=O)[C@@H](NC(=O)COCCOCCCCOc2ccc(N3C(=S)N(c4ccc(C#N)c(C(F)(F)F)c4F)C(=O)C3(C)C)cn2)C(C)(C)C)cc1. The number of amides is 4. The third-order valence-corrected chi connectivity index (χ3v) is 13.0. The lowest BCUT2D eigenvalue weighted by molar-refractivity contribution is -0.144. The predicted molar refractivity (Wildman–Crippen MR) is 255 cm³/mol. The lowest BCUT2D eigenvalue weighted by atomic mass is 9.85. The van der Waals surface area contributed by atoms with E-state index in [1.807, 2.05) is 31.2 Å². The van der Waals surface area contributed by atoms with Gasteiger partial charge in [0.25, 0.3) is 5.91 Å². The van der Waals surface area contributed by atoms with Gasteiger partial charge in [0.15, 0.2) is 10.9 Å². The van der Waals surface area contributed by atoms with Gasteiger partial charge >= 0.3 is 6.18 Å². The van der Waals surface area contributed by atoms with E-state index in [0.717, 1.165) is 33.8 Å². The quantitative estimate of drug-likeness (QED) is 0.0526. The third-order valence-electron chi connectivity index (χ3n) is 11.7. The molecule has 6 rings (SSSR count). The van der Waals surface area contributed by atoms with Crippen molar-refractivity contribution in [3.05, 3.63) is 88.4 Å². The number of pyridine rings is 1. The first-order valence-electron chi connectivity index (χ1n) is 22.3. The summed E-state index contributed by atoms with van der Waals surface area (Å²) in [5.74, 6) is -3.77. The minimum Gasteiger partial charge on any atom is -0.478 e. The highest BCUT2D eigenvalue weighted by atomic mass is 32.1. The van der Waals surface area contributed by atoms with Crippen molar-refractivity contribution in [2.24, 2.45) is 5.41 Å². The molecular weight excluding hydrogens is 957 g/mol. The Kier molecular flexibility index (Phi) is 17.0. The molecule has 2 aliphatic heterocycles. The van der Waals surface area contributed by atoms with E-state index in [4.69, 9.17) is 31.7 Å². The number of unbranched alkanes of at least 4 members (excludes halogenated alkanes) is 1. The maximum Gasteiger partial charge on any atom is 0.420 e. The fourth-order valence-corrected chi connectivity index (χ4v) is 9.32. The van der Waals surface area contributed by atoms with Crippen LogP contribution in [0.5, 0.6) is 5.88 Å². The van der Waals surface area contributed by atoms with Gasteiger partial charge in [0.05, 0.1) is 71.2 Å². The van der Waals surface area contributed by atoms with Crippen molar-refractivity contribution in [3.63, 3.8) is 0 Å². The van der Waals surface area contributed by atoms with E-state index in [9.17, 15) is 37.5 Å². The number of rotatable bonds is 19. The Balaban J connectivity index is 0.891. The van der Waals surface area contributed by atoms with Gasteiger partial charge < -0.3 is 39.8 Å². The minimum atomic E-state index is -5.20. The number of carbonyl (C=O) groups is 4. The van der Waals surface area contributed by atoms with E-state index in [0.29, 0.717) is 30.0 Å². The molecule has 0 saturated carbocycles. The molecule has 2 aromatic carbocycles. The maximum atomic E-state index is 15.3. The molecule has 2 saturated heterocycles. The van der Waals surface area contributed by atoms with Gasteiger partial charge in [-0.25, -0.2) is 14.4 Å². The minimum absolute atomic E-state index is 0.0549. The number of aryl methyl sites for hydroxylation is 1. The topological polar surface area (TPSA) is 200 Å². The second kappa shape index (κ2) is 22.3. The van der Waals surface area contributed by atoms with Crippen LogP contribution >= 0.6 is 23.6 Å². The Morgan fingerprint density at radius 3 is 2.34 bits per heavy atom. The van der Waals surface area contributed by atoms with Crippen LogP contribution in [0.1, 0.15) is 76.3 Å². The second-order valence-electron chi connectivity index (χ2n) is 18.3. The number of aliphatic hydroxyl groups excluding tert-OH is 1. The van der Waals surface area contributed by atoms with Crippen molar-refractivity contribution in [3.8, 4) is 22.4 Å². The number of nitrogens with one attached hydrogen (secondary N) is 2. The van der Waals surface area contributed by atoms with Crippen molar-refractivity contribution in [2.75, 3.05) is 49.4 Å². The zero-order valence-electron chi connectivity index (χ0n) is 39.4. The summed E-state index contributed by atoms with van der Waals surface area (Å²) in [5.41, 5.74) is -0.726. The normalized spacial score (nSPS) is 17.4. The fraction of sp³-hybridized carbons (Fsp3) is 0.458. The van der Waals surface area contributed by atoms with Crippen molar-refractivity contribution in [1.82, 2.24) is 25.5 Å². The number of hydrogen-bond donors (Lipinski definition) is 3. The Labute approximate surface area is 411 Å². The molecule has 4 amide bonds. The number of thiocarbonyl (C=S) groups is 1. The van der Waals surface area contributed by atoms with Crippen LogP contribution in [-0.4, -0.2) is 112 Å². The number of thiazole rings is 1. The summed E-state index contributed by atoms with van der Waals surface area (Å²) >= 11 is 7.03. The standard InChI is InChI=1S/C48H54F4N8O8S2/c1-28-40(70-27-56-28)30-11-9-29(10-12-30)23-55-42(63)35-21-33(61)25-58(35)43(64)41(46(2,3)4)57-36(62)26-67-20-19-66-17-7-8-18-68-37-16-14-32(24-54-37)60-45(69)59(44(65)47(60,5)6)34-15-13-31(22-53)38(39(34)49)48(50,51)52/h9-16,24,27,33,35,41,61H,7-8,17-21,23,25-26H2,1-6H3,(H,55,63)(H,57,62)/t33-,35?,41-/m1/s1. The zero-order valence-corrected chi connectivity index (χ0v) is 41.0. The van der Waals surface area contributed by atoms with Crippen LogP contribution in [0, 0.1) is 29.5 Å². The number of carbonyl (C=O) groups excluding carboxylic acids is 4. The summed E-state index contributed by atoms with van der Waals surface area (Å²) in [6.07, 6.45) is -3.50. The molecule has 0 aliphatic carbocycles. The van der Waals surface area contributed by atoms with Gasteiger partial charge in [0.1, 0.15) is 29.8 Å². The molecule has 3 atom stereocenters. The van der Waals surface area contributed by atoms with E-state index < -0.39 is 81.6 Å². The lowest BCUT2D eigenvalue weighted by Crippen LogP contribution is -2.58. The average Bonchev–Trinajstić information content (AvgIpc) is 3.97. The largest absolute Gasteiger partial charge is 0.478 e. The molecule has 2 aliphatic rings. The summed E-state index contributed by atoms with van der Waals surface area (Å²) in [6, 6.07) is 11.9. The Hall–Kier alpha value is -6.12. The number of halogens is 4. The number of aliphatic hydroxyl groups is 1.